The third-order valence-corrected chi connectivity index (χ3v) is 1.33. The van der Waals surface area contributed by atoms with Gasteiger partial charge in [-0.05, 0) is 0 Å². The summed E-state index contributed by atoms with van der Waals surface area (Å²) in [5.41, 5.74) is 0. The zero-order valence-corrected chi connectivity index (χ0v) is 4.89. The highest BCUT2D eigenvalue weighted by atomic mass is 16.5. The van der Waals surface area contributed by atoms with Crippen LogP contribution < -0.4 is 5.32 Å². The van der Waals surface area contributed by atoms with Gasteiger partial charge in [0, 0.05) is 0 Å². The molecule has 3 nitrogen and oxygen atoms in total. The van der Waals surface area contributed by atoms with Gasteiger partial charge in [-0.3, -0.25) is 0 Å². The highest BCUT2D eigenvalue weighted by Crippen LogP contribution is 1.87. The maximum atomic E-state index is 6.95. The molecule has 0 aliphatic carbocycles. The van der Waals surface area contributed by atoms with E-state index >= 15 is 0 Å². The second kappa shape index (κ2) is 3.02. The minimum Gasteiger partial charge on any atom is -0.443 e. The molecule has 1 fully saturated rings. The van der Waals surface area contributed by atoms with Gasteiger partial charge in [0.25, 0.3) is 0 Å². The average molecular weight is 119 g/mol. The van der Waals surface area contributed by atoms with Gasteiger partial charge in [-0.1, -0.05) is 0 Å². The maximum absolute atomic E-state index is 6.95. The van der Waals surface area contributed by atoms with Gasteiger partial charge in [0.2, 0.25) is 0 Å². The van der Waals surface area contributed by atoms with Crippen molar-refractivity contribution in [2.24, 2.45) is 0 Å². The van der Waals surface area contributed by atoms with Gasteiger partial charge in [-0.2, -0.15) is 0 Å². The molecule has 1 rings (SSSR count). The Bertz CT molecular complexity index is 61.4. The molecule has 1 aliphatic heterocycles. The van der Waals surface area contributed by atoms with Crippen LogP contribution in [0.2, 0.25) is 0 Å². The predicted molar refractivity (Wildman–Crippen MR) is 29.9 cm³/mol. The van der Waals surface area contributed by atoms with E-state index in [0.717, 1.165) is 19.7 Å². The molecule has 0 aromatic heterocycles. The second-order valence-electron chi connectivity index (χ2n) is 2.01. The number of quaternary nitrogens is 1. The number of morpholine rings is 1. The van der Waals surface area contributed by atoms with Crippen LogP contribution in [0, 0.1) is 0 Å². The lowest BCUT2D eigenvalue weighted by Crippen LogP contribution is -2.89. The van der Waals surface area contributed by atoms with Gasteiger partial charge in [-0.25, -0.2) is 0 Å². The molecule has 1 unspecified atom stereocenters. The van der Waals surface area contributed by atoms with E-state index in [2.05, 4.69) is 5.32 Å². The van der Waals surface area contributed by atoms with E-state index in [9.17, 15) is 0 Å². The van der Waals surface area contributed by atoms with Gasteiger partial charge in [0.15, 0.2) is 12.7 Å². The van der Waals surface area contributed by atoms with Crippen LogP contribution >= 0.6 is 0 Å². The van der Waals surface area contributed by atoms with Crippen LogP contribution in [0.15, 0.2) is 0 Å². The molecule has 0 bridgehead atoms. The zero-order valence-electron chi connectivity index (χ0n) is 4.89. The SMILES string of the molecule is [OH2+]CC1C[NH2+]CCO1. The molecule has 0 radical (unpaired) electrons. The Hall–Kier alpha value is -0.120. The zero-order chi connectivity index (χ0) is 5.82. The topological polar surface area (TPSA) is 48.7 Å². The molecule has 4 N–H and O–H groups in total. The lowest BCUT2D eigenvalue weighted by atomic mass is 10.3. The van der Waals surface area contributed by atoms with E-state index in [1.54, 1.807) is 0 Å². The van der Waals surface area contributed by atoms with Gasteiger partial charge < -0.3 is 15.2 Å². The van der Waals surface area contributed by atoms with E-state index in [4.69, 9.17) is 9.84 Å². The summed E-state index contributed by atoms with van der Waals surface area (Å²) in [5, 5.41) is 9.15. The van der Waals surface area contributed by atoms with Crippen molar-refractivity contribution in [3.8, 4) is 0 Å². The fourth-order valence-corrected chi connectivity index (χ4v) is 0.832. The van der Waals surface area contributed by atoms with Crippen LogP contribution in [0.25, 0.3) is 0 Å². The van der Waals surface area contributed by atoms with E-state index in [1.807, 2.05) is 0 Å². The third-order valence-electron chi connectivity index (χ3n) is 1.33. The third kappa shape index (κ3) is 1.43. The molecular formula is C5H13NO2+2. The van der Waals surface area contributed by atoms with Gasteiger partial charge in [0.1, 0.15) is 6.54 Å². The summed E-state index contributed by atoms with van der Waals surface area (Å²) in [7, 11) is 0. The van der Waals surface area contributed by atoms with Crippen molar-refractivity contribution < 1.29 is 15.2 Å². The highest BCUT2D eigenvalue weighted by Gasteiger charge is 2.16. The van der Waals surface area contributed by atoms with Gasteiger partial charge >= 0.3 is 0 Å². The first kappa shape index (κ1) is 6.01. The summed E-state index contributed by atoms with van der Waals surface area (Å²) >= 11 is 0. The first-order valence-electron chi connectivity index (χ1n) is 3.01. The monoisotopic (exact) mass is 119 g/mol. The van der Waals surface area contributed by atoms with Crippen LogP contribution in [0.5, 0.6) is 0 Å². The van der Waals surface area contributed by atoms with E-state index in [1.165, 1.54) is 0 Å². The Balaban J connectivity index is 2.13. The van der Waals surface area contributed by atoms with Crippen LogP contribution in [0.3, 0.4) is 0 Å². The largest absolute Gasteiger partial charge is 0.443 e. The molecule has 0 amide bonds. The Morgan fingerprint density at radius 3 is 3.00 bits per heavy atom. The smallest absolute Gasteiger partial charge is 0.176 e. The number of hydrogen-bond acceptors (Lipinski definition) is 1. The van der Waals surface area contributed by atoms with Crippen molar-refractivity contribution in [2.75, 3.05) is 26.3 Å². The Morgan fingerprint density at radius 2 is 2.62 bits per heavy atom. The summed E-state index contributed by atoms with van der Waals surface area (Å²) in [6.45, 7) is 3.28. The predicted octanol–water partition coefficient (Wildman–Crippen LogP) is -2.33. The standard InChI is InChI=1S/C5H11NO2/c7-4-5-3-6-1-2-8-5/h5-7H,1-4H2/p+2. The van der Waals surface area contributed by atoms with Gasteiger partial charge in [-0.15, -0.1) is 0 Å². The molecule has 1 heterocycles. The number of nitrogens with two attached hydrogens (primary N) is 1. The van der Waals surface area contributed by atoms with Crippen LogP contribution in [0.1, 0.15) is 0 Å². The Labute approximate surface area is 48.7 Å². The van der Waals surface area contributed by atoms with Crippen molar-refractivity contribution in [2.45, 2.75) is 6.10 Å². The Morgan fingerprint density at radius 1 is 1.75 bits per heavy atom. The summed E-state index contributed by atoms with van der Waals surface area (Å²) in [6.07, 6.45) is 0.198. The summed E-state index contributed by atoms with van der Waals surface area (Å²) in [6, 6.07) is 0. The van der Waals surface area contributed by atoms with E-state index in [-0.39, 0.29) is 6.10 Å². The molecule has 0 aromatic rings. The molecule has 48 valence electrons. The van der Waals surface area contributed by atoms with Crippen molar-refractivity contribution >= 4 is 0 Å². The molecule has 1 aliphatic rings. The fraction of sp³-hybridized carbons (Fsp3) is 1.00. The minimum atomic E-state index is 0.198. The first-order chi connectivity index (χ1) is 3.93. The molecule has 1 saturated heterocycles. The summed E-state index contributed by atoms with van der Waals surface area (Å²) in [4.78, 5) is 0. The molecule has 0 spiro atoms. The minimum absolute atomic E-state index is 0.198. The van der Waals surface area contributed by atoms with Crippen molar-refractivity contribution in [1.29, 1.82) is 0 Å². The number of rotatable bonds is 1. The molecular weight excluding hydrogens is 106 g/mol. The van der Waals surface area contributed by atoms with Crippen LogP contribution in [-0.4, -0.2) is 37.5 Å². The van der Waals surface area contributed by atoms with Crippen molar-refractivity contribution in [3.63, 3.8) is 0 Å². The van der Waals surface area contributed by atoms with Crippen molar-refractivity contribution in [3.05, 3.63) is 0 Å². The highest BCUT2D eigenvalue weighted by molar-refractivity contribution is 4.53. The molecule has 3 heteroatoms. The molecule has 8 heavy (non-hydrogen) atoms. The second-order valence-corrected chi connectivity index (χ2v) is 2.01. The lowest BCUT2D eigenvalue weighted by molar-refractivity contribution is -0.677. The number of ether oxygens (including phenoxy) is 1. The van der Waals surface area contributed by atoms with Gasteiger partial charge in [0.05, 0.1) is 13.2 Å². The van der Waals surface area contributed by atoms with E-state index in [0.29, 0.717) is 6.61 Å². The number of hydrogen-bond donors (Lipinski definition) is 1. The molecule has 0 aromatic carbocycles. The lowest BCUT2D eigenvalue weighted by Gasteiger charge is -2.16. The first-order valence-corrected chi connectivity index (χ1v) is 3.01. The maximum Gasteiger partial charge on any atom is 0.176 e. The van der Waals surface area contributed by atoms with Crippen LogP contribution in [-0.2, 0) is 4.74 Å². The quantitative estimate of drug-likeness (QED) is 0.387. The van der Waals surface area contributed by atoms with Crippen molar-refractivity contribution in [1.82, 2.24) is 0 Å². The fourth-order valence-electron chi connectivity index (χ4n) is 0.832. The Kier molecular flexibility index (Phi) is 2.27. The van der Waals surface area contributed by atoms with E-state index < -0.39 is 0 Å². The molecule has 0 saturated carbocycles. The average Bonchev–Trinajstić information content (AvgIpc) is 1.90. The van der Waals surface area contributed by atoms with Crippen LogP contribution in [0.4, 0.5) is 0 Å². The normalized spacial score (nSPS) is 30.4. The molecule has 1 atom stereocenters. The summed E-state index contributed by atoms with van der Waals surface area (Å²) in [5.74, 6) is 0. The summed E-state index contributed by atoms with van der Waals surface area (Å²) < 4.78 is 5.21.